The number of thioether (sulfide) groups is 1. The number of benzene rings is 2. The SMILES string of the molecule is CCOc1cc(/C=C2/SC(=S)N(NC(=O)c3cccc(OC)c3)C2=O)ccc1OCCC(=O)O. The smallest absolute Gasteiger partial charge is 0.306 e. The largest absolute Gasteiger partial charge is 0.497 e. The molecule has 1 saturated heterocycles. The number of hydrogen-bond acceptors (Lipinski definition) is 8. The molecule has 11 heteroatoms. The Hall–Kier alpha value is -3.57. The second kappa shape index (κ2) is 11.5. The van der Waals surface area contributed by atoms with Crippen LogP contribution in [0.2, 0.25) is 0 Å². The van der Waals surface area contributed by atoms with Crippen molar-refractivity contribution in [2.75, 3.05) is 20.3 Å². The van der Waals surface area contributed by atoms with Gasteiger partial charge in [-0.05, 0) is 61.1 Å². The van der Waals surface area contributed by atoms with Crippen LogP contribution >= 0.6 is 24.0 Å². The molecule has 0 spiro atoms. The van der Waals surface area contributed by atoms with Gasteiger partial charge in [0.1, 0.15) is 5.75 Å². The maximum absolute atomic E-state index is 12.9. The van der Waals surface area contributed by atoms with Gasteiger partial charge in [-0.15, -0.1) is 0 Å². The average molecular weight is 503 g/mol. The molecule has 2 aromatic rings. The van der Waals surface area contributed by atoms with Crippen LogP contribution in [-0.2, 0) is 9.59 Å². The molecule has 1 aliphatic heterocycles. The maximum atomic E-state index is 12.9. The molecule has 0 unspecified atom stereocenters. The van der Waals surface area contributed by atoms with E-state index >= 15 is 0 Å². The number of nitrogens with one attached hydrogen (secondary N) is 1. The highest BCUT2D eigenvalue weighted by Crippen LogP contribution is 2.34. The molecule has 2 amide bonds. The van der Waals surface area contributed by atoms with Gasteiger partial charge in [-0.1, -0.05) is 23.9 Å². The minimum Gasteiger partial charge on any atom is -0.497 e. The third-order valence-electron chi connectivity index (χ3n) is 4.48. The summed E-state index contributed by atoms with van der Waals surface area (Å²) >= 11 is 6.33. The molecular weight excluding hydrogens is 480 g/mol. The number of carboxylic acids is 1. The van der Waals surface area contributed by atoms with E-state index in [1.807, 2.05) is 6.92 Å². The highest BCUT2D eigenvalue weighted by atomic mass is 32.2. The lowest BCUT2D eigenvalue weighted by atomic mass is 10.2. The summed E-state index contributed by atoms with van der Waals surface area (Å²) in [5.74, 6) is -0.598. The molecule has 178 valence electrons. The minimum absolute atomic E-state index is 0.000395. The molecule has 34 heavy (non-hydrogen) atoms. The van der Waals surface area contributed by atoms with Crippen molar-refractivity contribution in [1.29, 1.82) is 0 Å². The van der Waals surface area contributed by atoms with Gasteiger partial charge in [0, 0.05) is 5.56 Å². The molecule has 9 nitrogen and oxygen atoms in total. The van der Waals surface area contributed by atoms with Crippen molar-refractivity contribution in [2.24, 2.45) is 0 Å². The molecule has 3 rings (SSSR count). The number of carboxylic acid groups (broad SMARTS) is 1. The lowest BCUT2D eigenvalue weighted by Gasteiger charge is -2.16. The molecule has 1 heterocycles. The number of hydrazine groups is 1. The molecule has 0 aliphatic carbocycles. The Balaban J connectivity index is 1.75. The van der Waals surface area contributed by atoms with E-state index in [1.165, 1.54) is 7.11 Å². The first-order chi connectivity index (χ1) is 16.3. The van der Waals surface area contributed by atoms with Gasteiger partial charge in [0.25, 0.3) is 11.8 Å². The first-order valence-electron chi connectivity index (χ1n) is 10.2. The van der Waals surface area contributed by atoms with E-state index in [2.05, 4.69) is 5.43 Å². The van der Waals surface area contributed by atoms with Gasteiger partial charge in [0.05, 0.1) is 31.6 Å². The minimum atomic E-state index is -0.963. The molecule has 0 radical (unpaired) electrons. The standard InChI is InChI=1S/C23H22N2O7S2/c1-3-31-18-11-14(7-8-17(18)32-10-9-20(26)27)12-19-22(29)25(23(33)34-19)24-21(28)15-5-4-6-16(13-15)30-2/h4-8,11-13H,3,9-10H2,1-2H3,(H,24,28)(H,26,27)/b19-12+. The second-order valence-corrected chi connectivity index (χ2v) is 8.50. The molecule has 0 aromatic heterocycles. The first kappa shape index (κ1) is 25.1. The maximum Gasteiger partial charge on any atom is 0.306 e. The third kappa shape index (κ3) is 6.27. The first-order valence-corrected chi connectivity index (χ1v) is 11.4. The van der Waals surface area contributed by atoms with Gasteiger partial charge < -0.3 is 19.3 Å². The lowest BCUT2D eigenvalue weighted by molar-refractivity contribution is -0.137. The molecule has 1 aliphatic rings. The van der Waals surface area contributed by atoms with Crippen LogP contribution in [0.5, 0.6) is 17.2 Å². The second-order valence-electron chi connectivity index (χ2n) is 6.82. The zero-order valence-corrected chi connectivity index (χ0v) is 20.0. The number of methoxy groups -OCH3 is 1. The monoisotopic (exact) mass is 502 g/mol. The van der Waals surface area contributed by atoms with Crippen LogP contribution in [0.3, 0.4) is 0 Å². The van der Waals surface area contributed by atoms with Crippen LogP contribution < -0.4 is 19.6 Å². The van der Waals surface area contributed by atoms with Crippen molar-refractivity contribution >= 4 is 52.2 Å². The number of thiocarbonyl (C=S) groups is 1. The quantitative estimate of drug-likeness (QED) is 0.372. The van der Waals surface area contributed by atoms with Crippen molar-refractivity contribution in [3.8, 4) is 17.2 Å². The molecule has 1 fully saturated rings. The van der Waals surface area contributed by atoms with Crippen LogP contribution in [0.25, 0.3) is 6.08 Å². The number of carbonyl (C=O) groups excluding carboxylic acids is 2. The number of rotatable bonds is 10. The van der Waals surface area contributed by atoms with E-state index in [-0.39, 0.29) is 17.3 Å². The molecular formula is C23H22N2O7S2. The normalized spacial score (nSPS) is 14.3. The third-order valence-corrected chi connectivity index (χ3v) is 5.78. The van der Waals surface area contributed by atoms with E-state index in [4.69, 9.17) is 31.5 Å². The van der Waals surface area contributed by atoms with Gasteiger partial charge in [-0.3, -0.25) is 19.8 Å². The van der Waals surface area contributed by atoms with E-state index < -0.39 is 17.8 Å². The van der Waals surface area contributed by atoms with Crippen molar-refractivity contribution in [1.82, 2.24) is 10.4 Å². The molecule has 0 atom stereocenters. The predicted molar refractivity (Wildman–Crippen MR) is 131 cm³/mol. The number of amides is 2. The summed E-state index contributed by atoms with van der Waals surface area (Å²) in [4.78, 5) is 36.5. The van der Waals surface area contributed by atoms with E-state index in [9.17, 15) is 14.4 Å². The Morgan fingerprint density at radius 1 is 1.18 bits per heavy atom. The number of aliphatic carboxylic acids is 1. The number of nitrogens with zero attached hydrogens (tertiary/aromatic N) is 1. The van der Waals surface area contributed by atoms with Crippen LogP contribution in [0.1, 0.15) is 29.3 Å². The molecule has 2 N–H and O–H groups in total. The van der Waals surface area contributed by atoms with Gasteiger partial charge in [0.15, 0.2) is 15.8 Å². The fraction of sp³-hybridized carbons (Fsp3) is 0.217. The zero-order chi connectivity index (χ0) is 24.7. The fourth-order valence-corrected chi connectivity index (χ4v) is 4.08. The topological polar surface area (TPSA) is 114 Å². The summed E-state index contributed by atoms with van der Waals surface area (Å²) in [7, 11) is 1.50. The summed E-state index contributed by atoms with van der Waals surface area (Å²) in [5.41, 5.74) is 3.49. The summed E-state index contributed by atoms with van der Waals surface area (Å²) in [6, 6.07) is 11.6. The van der Waals surface area contributed by atoms with E-state index in [0.29, 0.717) is 39.9 Å². The van der Waals surface area contributed by atoms with Crippen LogP contribution in [0.4, 0.5) is 0 Å². The summed E-state index contributed by atoms with van der Waals surface area (Å²) in [6.07, 6.45) is 1.48. The average Bonchev–Trinajstić information content (AvgIpc) is 3.07. The number of ether oxygens (including phenoxy) is 3. The highest BCUT2D eigenvalue weighted by molar-refractivity contribution is 8.26. The molecule has 2 aromatic carbocycles. The van der Waals surface area contributed by atoms with Gasteiger partial charge in [-0.2, -0.15) is 5.01 Å². The Labute approximate surface area is 205 Å². The van der Waals surface area contributed by atoms with E-state index in [1.54, 1.807) is 48.5 Å². The Kier molecular flexibility index (Phi) is 8.50. The molecule has 0 bridgehead atoms. The zero-order valence-electron chi connectivity index (χ0n) is 18.4. The molecule has 0 saturated carbocycles. The van der Waals surface area contributed by atoms with Crippen LogP contribution in [0, 0.1) is 0 Å². The van der Waals surface area contributed by atoms with Gasteiger partial charge >= 0.3 is 5.97 Å². The Bertz CT molecular complexity index is 1150. The van der Waals surface area contributed by atoms with Crippen LogP contribution in [-0.4, -0.2) is 52.5 Å². The predicted octanol–water partition coefficient (Wildman–Crippen LogP) is 3.49. The summed E-state index contributed by atoms with van der Waals surface area (Å²) in [5, 5.41) is 9.81. The number of carbonyl (C=O) groups is 3. The van der Waals surface area contributed by atoms with Crippen LogP contribution in [0.15, 0.2) is 47.4 Å². The fourth-order valence-electron chi connectivity index (χ4n) is 2.90. The van der Waals surface area contributed by atoms with Crippen molar-refractivity contribution in [3.63, 3.8) is 0 Å². The van der Waals surface area contributed by atoms with Crippen molar-refractivity contribution < 1.29 is 33.7 Å². The Morgan fingerprint density at radius 3 is 2.68 bits per heavy atom. The summed E-state index contributed by atoms with van der Waals surface area (Å²) in [6.45, 7) is 2.18. The van der Waals surface area contributed by atoms with Crippen molar-refractivity contribution in [3.05, 3.63) is 58.5 Å². The number of hydrogen-bond donors (Lipinski definition) is 2. The lowest BCUT2D eigenvalue weighted by Crippen LogP contribution is -2.44. The Morgan fingerprint density at radius 2 is 1.97 bits per heavy atom. The van der Waals surface area contributed by atoms with E-state index in [0.717, 1.165) is 16.8 Å². The van der Waals surface area contributed by atoms with Crippen molar-refractivity contribution in [2.45, 2.75) is 13.3 Å². The summed E-state index contributed by atoms with van der Waals surface area (Å²) < 4.78 is 16.4. The van der Waals surface area contributed by atoms with Gasteiger partial charge in [-0.25, -0.2) is 0 Å². The van der Waals surface area contributed by atoms with Gasteiger partial charge in [0.2, 0.25) is 0 Å². The highest BCUT2D eigenvalue weighted by Gasteiger charge is 2.34.